The van der Waals surface area contributed by atoms with Crippen LogP contribution in [-0.4, -0.2) is 10.9 Å². The molecule has 0 unspecified atom stereocenters. The molecule has 0 bridgehead atoms. The normalized spacial score (nSPS) is 10.3. The van der Waals surface area contributed by atoms with E-state index in [1.165, 1.54) is 6.07 Å². The number of benzene rings is 2. The highest BCUT2D eigenvalue weighted by Gasteiger charge is 2.13. The highest BCUT2D eigenvalue weighted by atomic mass is 19.1. The van der Waals surface area contributed by atoms with Gasteiger partial charge in [-0.3, -0.25) is 9.78 Å². The van der Waals surface area contributed by atoms with E-state index in [9.17, 15) is 9.18 Å². The zero-order valence-corrected chi connectivity index (χ0v) is 12.4. The Morgan fingerprint density at radius 2 is 1.74 bits per heavy atom. The average Bonchev–Trinajstić information content (AvgIpc) is 2.62. The molecule has 1 amide bonds. The van der Waals surface area contributed by atoms with Gasteiger partial charge in [-0.05, 0) is 35.4 Å². The summed E-state index contributed by atoms with van der Waals surface area (Å²) in [5.74, 6) is -0.992. The number of halogens is 1. The van der Waals surface area contributed by atoms with Crippen LogP contribution in [0.1, 0.15) is 16.1 Å². The third-order valence-corrected chi connectivity index (χ3v) is 3.47. The molecule has 0 spiro atoms. The predicted octanol–water partition coefficient (Wildman–Crippen LogP) is 3.82. The first kappa shape index (κ1) is 14.9. The van der Waals surface area contributed by atoms with Crippen LogP contribution in [0.2, 0.25) is 0 Å². The van der Waals surface area contributed by atoms with Crippen molar-refractivity contribution in [1.29, 1.82) is 0 Å². The van der Waals surface area contributed by atoms with Crippen molar-refractivity contribution in [3.8, 4) is 11.1 Å². The van der Waals surface area contributed by atoms with Gasteiger partial charge in [-0.15, -0.1) is 0 Å². The summed E-state index contributed by atoms with van der Waals surface area (Å²) in [5.41, 5.74) is 2.49. The molecule has 0 aliphatic rings. The summed E-state index contributed by atoms with van der Waals surface area (Å²) in [5, 5.41) is 2.69. The monoisotopic (exact) mass is 306 g/mol. The maximum Gasteiger partial charge on any atom is 0.254 e. The van der Waals surface area contributed by atoms with Crippen LogP contribution in [0.15, 0.2) is 72.9 Å². The van der Waals surface area contributed by atoms with Gasteiger partial charge in [0.05, 0.1) is 17.8 Å². The molecular weight excluding hydrogens is 291 g/mol. The van der Waals surface area contributed by atoms with Crippen LogP contribution in [0.25, 0.3) is 11.1 Å². The van der Waals surface area contributed by atoms with Gasteiger partial charge in [0.1, 0.15) is 5.82 Å². The smallest absolute Gasteiger partial charge is 0.254 e. The molecule has 1 N–H and O–H groups in total. The highest BCUT2D eigenvalue weighted by Crippen LogP contribution is 2.21. The van der Waals surface area contributed by atoms with E-state index >= 15 is 0 Å². The molecule has 1 heterocycles. The Bertz CT molecular complexity index is 804. The van der Waals surface area contributed by atoms with Crippen molar-refractivity contribution in [2.45, 2.75) is 6.54 Å². The van der Waals surface area contributed by atoms with Crippen LogP contribution in [-0.2, 0) is 6.54 Å². The van der Waals surface area contributed by atoms with Crippen molar-refractivity contribution >= 4 is 5.91 Å². The minimum atomic E-state index is -0.539. The van der Waals surface area contributed by atoms with Crippen molar-refractivity contribution < 1.29 is 9.18 Å². The number of hydrogen-bond donors (Lipinski definition) is 1. The molecule has 0 saturated carbocycles. The van der Waals surface area contributed by atoms with Gasteiger partial charge in [-0.1, -0.05) is 42.5 Å². The second-order valence-corrected chi connectivity index (χ2v) is 5.06. The highest BCUT2D eigenvalue weighted by molar-refractivity contribution is 5.95. The van der Waals surface area contributed by atoms with Crippen molar-refractivity contribution in [3.05, 3.63) is 90.0 Å². The summed E-state index contributed by atoms with van der Waals surface area (Å²) < 4.78 is 14.0. The first-order chi connectivity index (χ1) is 11.2. The first-order valence-corrected chi connectivity index (χ1v) is 7.27. The standard InChI is InChI=1S/C19H15FN2O/c20-18-10-9-15(14-6-2-1-3-7-14)12-17(18)19(23)22-13-16-8-4-5-11-21-16/h1-12H,13H2,(H,22,23). The molecule has 0 saturated heterocycles. The topological polar surface area (TPSA) is 42.0 Å². The lowest BCUT2D eigenvalue weighted by Gasteiger charge is -2.08. The summed E-state index contributed by atoms with van der Waals surface area (Å²) in [6.07, 6.45) is 1.65. The number of aromatic nitrogens is 1. The molecule has 3 nitrogen and oxygen atoms in total. The third-order valence-electron chi connectivity index (χ3n) is 3.47. The zero-order chi connectivity index (χ0) is 16.1. The summed E-state index contributed by atoms with van der Waals surface area (Å²) >= 11 is 0. The summed E-state index contributed by atoms with van der Waals surface area (Å²) in [7, 11) is 0. The molecule has 2 aromatic carbocycles. The number of hydrogen-bond acceptors (Lipinski definition) is 2. The summed E-state index contributed by atoms with van der Waals surface area (Å²) in [6, 6.07) is 19.5. The molecule has 3 rings (SSSR count). The quantitative estimate of drug-likeness (QED) is 0.796. The van der Waals surface area contributed by atoms with Crippen LogP contribution >= 0.6 is 0 Å². The van der Waals surface area contributed by atoms with E-state index in [0.29, 0.717) is 0 Å². The molecule has 0 radical (unpaired) electrons. The fourth-order valence-electron chi connectivity index (χ4n) is 2.28. The Kier molecular flexibility index (Phi) is 4.43. The molecule has 3 aromatic rings. The number of nitrogens with zero attached hydrogens (tertiary/aromatic N) is 1. The minimum absolute atomic E-state index is 0.0299. The lowest BCUT2D eigenvalue weighted by Crippen LogP contribution is -2.24. The number of nitrogens with one attached hydrogen (secondary N) is 1. The second-order valence-electron chi connectivity index (χ2n) is 5.06. The SMILES string of the molecule is O=C(NCc1ccccn1)c1cc(-c2ccccc2)ccc1F. The van der Waals surface area contributed by atoms with Gasteiger partial charge < -0.3 is 5.32 Å². The molecule has 0 atom stereocenters. The van der Waals surface area contributed by atoms with Gasteiger partial charge in [-0.2, -0.15) is 0 Å². The van der Waals surface area contributed by atoms with Gasteiger partial charge in [-0.25, -0.2) is 4.39 Å². The van der Waals surface area contributed by atoms with Crippen molar-refractivity contribution in [1.82, 2.24) is 10.3 Å². The van der Waals surface area contributed by atoms with E-state index in [1.54, 1.807) is 30.5 Å². The van der Waals surface area contributed by atoms with E-state index in [4.69, 9.17) is 0 Å². The average molecular weight is 306 g/mol. The molecule has 1 aromatic heterocycles. The maximum absolute atomic E-state index is 14.0. The Morgan fingerprint density at radius 1 is 0.957 bits per heavy atom. The molecule has 23 heavy (non-hydrogen) atoms. The molecule has 4 heteroatoms. The van der Waals surface area contributed by atoms with Gasteiger partial charge in [0.15, 0.2) is 0 Å². The van der Waals surface area contributed by atoms with Crippen LogP contribution < -0.4 is 5.32 Å². The van der Waals surface area contributed by atoms with Crippen LogP contribution in [0.5, 0.6) is 0 Å². The van der Waals surface area contributed by atoms with E-state index in [1.807, 2.05) is 36.4 Å². The summed E-state index contributed by atoms with van der Waals surface area (Å²) in [4.78, 5) is 16.4. The van der Waals surface area contributed by atoms with Crippen molar-refractivity contribution in [2.75, 3.05) is 0 Å². The van der Waals surface area contributed by atoms with E-state index in [-0.39, 0.29) is 12.1 Å². The van der Waals surface area contributed by atoms with Crippen molar-refractivity contribution in [3.63, 3.8) is 0 Å². The molecule has 0 fully saturated rings. The van der Waals surface area contributed by atoms with Crippen LogP contribution in [0.3, 0.4) is 0 Å². The first-order valence-electron chi connectivity index (χ1n) is 7.27. The van der Waals surface area contributed by atoms with Crippen molar-refractivity contribution in [2.24, 2.45) is 0 Å². The minimum Gasteiger partial charge on any atom is -0.346 e. The number of rotatable bonds is 4. The number of amides is 1. The Labute approximate surface area is 133 Å². The second kappa shape index (κ2) is 6.83. The van der Waals surface area contributed by atoms with E-state index in [2.05, 4.69) is 10.3 Å². The Morgan fingerprint density at radius 3 is 2.48 bits per heavy atom. The molecule has 114 valence electrons. The third kappa shape index (κ3) is 3.61. The predicted molar refractivity (Wildman–Crippen MR) is 87.2 cm³/mol. The Hall–Kier alpha value is -3.01. The van der Waals surface area contributed by atoms with E-state index < -0.39 is 11.7 Å². The van der Waals surface area contributed by atoms with Gasteiger partial charge in [0, 0.05) is 6.20 Å². The fourth-order valence-corrected chi connectivity index (χ4v) is 2.28. The molecular formula is C19H15FN2O. The lowest BCUT2D eigenvalue weighted by molar-refractivity contribution is 0.0946. The van der Waals surface area contributed by atoms with Crippen LogP contribution in [0, 0.1) is 5.82 Å². The number of carbonyl (C=O) groups is 1. The Balaban J connectivity index is 1.80. The van der Waals surface area contributed by atoms with Crippen LogP contribution in [0.4, 0.5) is 4.39 Å². The summed E-state index contributed by atoms with van der Waals surface area (Å²) in [6.45, 7) is 0.259. The maximum atomic E-state index is 14.0. The molecule has 0 aliphatic carbocycles. The van der Waals surface area contributed by atoms with Gasteiger partial charge in [0.2, 0.25) is 0 Å². The van der Waals surface area contributed by atoms with Gasteiger partial charge in [0.25, 0.3) is 5.91 Å². The largest absolute Gasteiger partial charge is 0.346 e. The lowest BCUT2D eigenvalue weighted by atomic mass is 10.0. The molecule has 0 aliphatic heterocycles. The fraction of sp³-hybridized carbons (Fsp3) is 0.0526. The van der Waals surface area contributed by atoms with Gasteiger partial charge >= 0.3 is 0 Å². The van der Waals surface area contributed by atoms with E-state index in [0.717, 1.165) is 16.8 Å². The number of carbonyl (C=O) groups excluding carboxylic acids is 1. The zero-order valence-electron chi connectivity index (χ0n) is 12.4. The number of pyridine rings is 1.